The van der Waals surface area contributed by atoms with E-state index in [4.69, 9.17) is 14.4 Å². The highest BCUT2D eigenvalue weighted by Crippen LogP contribution is 2.45. The van der Waals surface area contributed by atoms with E-state index in [1.165, 1.54) is 0 Å². The maximum Gasteiger partial charge on any atom is 0.427 e. The van der Waals surface area contributed by atoms with Gasteiger partial charge in [-0.2, -0.15) is 0 Å². The second-order valence-electron chi connectivity index (χ2n) is 12.6. The number of rotatable bonds is 7. The lowest BCUT2D eigenvalue weighted by atomic mass is 9.65. The summed E-state index contributed by atoms with van der Waals surface area (Å²) in [5.74, 6) is 1.36. The maximum atomic E-state index is 14.3. The Labute approximate surface area is 289 Å². The smallest absolute Gasteiger partial charge is 0.427 e. The third-order valence-electron chi connectivity index (χ3n) is 9.70. The number of allylic oxidation sites excluding steroid dienone is 2. The Hall–Kier alpha value is -6.15. The largest absolute Gasteiger partial charge is 0.506 e. The van der Waals surface area contributed by atoms with E-state index in [0.29, 0.717) is 34.9 Å². The van der Waals surface area contributed by atoms with Crippen molar-refractivity contribution in [2.24, 2.45) is 4.90 Å². The highest BCUT2D eigenvalue weighted by molar-refractivity contribution is 6.80. The zero-order chi connectivity index (χ0) is 33.9. The Morgan fingerprint density at radius 3 is 1.94 bits per heavy atom. The van der Waals surface area contributed by atoms with Gasteiger partial charge in [-0.25, -0.2) is 0 Å². The van der Waals surface area contributed by atoms with E-state index in [-0.39, 0.29) is 31.1 Å². The molecule has 4 N–H and O–H groups in total. The van der Waals surface area contributed by atoms with Crippen molar-refractivity contribution in [3.05, 3.63) is 131 Å². The van der Waals surface area contributed by atoms with E-state index >= 15 is 0 Å². The molecule has 0 saturated heterocycles. The summed E-state index contributed by atoms with van der Waals surface area (Å²) in [7, 11) is 0. The van der Waals surface area contributed by atoms with Crippen LogP contribution >= 0.6 is 0 Å². The molecule has 50 heavy (non-hydrogen) atoms. The van der Waals surface area contributed by atoms with Gasteiger partial charge in [0, 0.05) is 38.6 Å². The van der Waals surface area contributed by atoms with Crippen molar-refractivity contribution in [3.63, 3.8) is 0 Å². The first kappa shape index (κ1) is 29.9. The van der Waals surface area contributed by atoms with Gasteiger partial charge in [-0.05, 0) is 71.9 Å². The molecule has 0 radical (unpaired) electrons. The molecule has 9 rings (SSSR count). The van der Waals surface area contributed by atoms with Crippen LogP contribution in [0, 0.1) is 0 Å². The van der Waals surface area contributed by atoms with Crippen LogP contribution in [-0.4, -0.2) is 38.1 Å². The Balaban J connectivity index is 1.18. The lowest BCUT2D eigenvalue weighted by Crippen LogP contribution is -2.48. The summed E-state index contributed by atoms with van der Waals surface area (Å²) in [6.45, 7) is 4.46. The Morgan fingerprint density at radius 1 is 0.660 bits per heavy atom. The number of carbonyl (C=O) groups excluding carboxylic acids is 1. The summed E-state index contributed by atoms with van der Waals surface area (Å²) in [5, 5.41) is 27.9. The molecular weight excluding hydrogens is 622 g/mol. The standard InChI is InChI=1S/C40H32B2N4O4/c1-3-49-27-17-13-25(14-18-27)41-43-31-9-5-7-23-11-21-29(37(45-41)33(23)31)35-39(47)36(40(35)48)30-22-12-24-8-6-10-32-34(24)38(30)46-42(44-32)26-15-19-28(20-16-26)50-4-2/h5-22,43-45,47H,3-4H2,1-2H3. The first-order valence-corrected chi connectivity index (χ1v) is 17.0. The van der Waals surface area contributed by atoms with E-state index in [0.717, 1.165) is 61.0 Å². The molecule has 0 bridgehead atoms. The molecule has 0 atom stereocenters. The van der Waals surface area contributed by atoms with Gasteiger partial charge in [-0.15, -0.1) is 0 Å². The van der Waals surface area contributed by atoms with Crippen molar-refractivity contribution in [2.75, 3.05) is 28.9 Å². The molecule has 0 unspecified atom stereocenters. The molecule has 6 aromatic carbocycles. The number of hydrogen-bond acceptors (Lipinski definition) is 8. The van der Waals surface area contributed by atoms with Crippen molar-refractivity contribution in [1.82, 2.24) is 0 Å². The molecule has 242 valence electrons. The molecule has 2 heterocycles. The van der Waals surface area contributed by atoms with Gasteiger partial charge in [0.1, 0.15) is 17.3 Å². The zero-order valence-electron chi connectivity index (χ0n) is 27.6. The number of nitrogens with one attached hydrogen (secondary N) is 3. The molecule has 10 heteroatoms. The number of nitrogens with zero attached hydrogens (tertiary/aromatic N) is 1. The number of anilines is 3. The van der Waals surface area contributed by atoms with Crippen LogP contribution in [0.2, 0.25) is 0 Å². The van der Waals surface area contributed by atoms with Gasteiger partial charge in [0.2, 0.25) is 5.78 Å². The van der Waals surface area contributed by atoms with Crippen molar-refractivity contribution < 1.29 is 19.4 Å². The number of benzene rings is 6. The van der Waals surface area contributed by atoms with Crippen LogP contribution in [-0.2, 0) is 4.79 Å². The van der Waals surface area contributed by atoms with E-state index in [2.05, 4.69) is 21.7 Å². The second-order valence-corrected chi connectivity index (χ2v) is 12.6. The van der Waals surface area contributed by atoms with Crippen molar-refractivity contribution in [3.8, 4) is 11.5 Å². The SMILES string of the molecule is CCOc1ccc(B2N=c3c(=C4C(=O)C(c5ccc6cccc7c6c5NB(c5ccc(OCC)cc5)N7)=C4O)ccc4cccc(c34)N2)cc1. The van der Waals surface area contributed by atoms with Gasteiger partial charge in [0.25, 0.3) is 0 Å². The van der Waals surface area contributed by atoms with Crippen molar-refractivity contribution in [1.29, 1.82) is 0 Å². The first-order chi connectivity index (χ1) is 24.5. The molecule has 0 spiro atoms. The van der Waals surface area contributed by atoms with Crippen LogP contribution in [0.3, 0.4) is 0 Å². The molecule has 3 aliphatic rings. The summed E-state index contributed by atoms with van der Waals surface area (Å²) >= 11 is 0. The fourth-order valence-electron chi connectivity index (χ4n) is 7.38. The second kappa shape index (κ2) is 11.8. The van der Waals surface area contributed by atoms with Crippen molar-refractivity contribution >= 4 is 80.4 Å². The van der Waals surface area contributed by atoms with Crippen LogP contribution in [0.25, 0.3) is 32.7 Å². The maximum absolute atomic E-state index is 14.3. The van der Waals surface area contributed by atoms with E-state index < -0.39 is 0 Å². The number of carbonyl (C=O) groups is 1. The molecule has 6 aromatic rings. The number of ether oxygens (including phenoxy) is 2. The van der Waals surface area contributed by atoms with Crippen LogP contribution in [0.5, 0.6) is 11.5 Å². The molecule has 0 aromatic heterocycles. The van der Waals surface area contributed by atoms with Crippen molar-refractivity contribution in [2.45, 2.75) is 13.8 Å². The third kappa shape index (κ3) is 4.70. The summed E-state index contributed by atoms with van der Waals surface area (Å²) in [6, 6.07) is 35.8. The number of aliphatic hydroxyl groups is 1. The molecule has 1 aliphatic carbocycles. The van der Waals surface area contributed by atoms with Gasteiger partial charge in [-0.3, -0.25) is 4.79 Å². The predicted octanol–water partition coefficient (Wildman–Crippen LogP) is 5.17. The normalized spacial score (nSPS) is 15.6. The van der Waals surface area contributed by atoms with Crippen LogP contribution < -0.4 is 46.7 Å². The van der Waals surface area contributed by atoms with Crippen LogP contribution in [0.1, 0.15) is 19.4 Å². The molecule has 8 nitrogen and oxygen atoms in total. The first-order valence-electron chi connectivity index (χ1n) is 17.0. The summed E-state index contributed by atoms with van der Waals surface area (Å²) in [4.78, 5) is 19.5. The lowest BCUT2D eigenvalue weighted by Gasteiger charge is -2.31. The predicted molar refractivity (Wildman–Crippen MR) is 204 cm³/mol. The number of ketones is 1. The minimum absolute atomic E-state index is 0.0273. The Morgan fingerprint density at radius 2 is 1.28 bits per heavy atom. The Bertz CT molecular complexity index is 2540. The summed E-state index contributed by atoms with van der Waals surface area (Å²) in [6.07, 6.45) is 0. The van der Waals surface area contributed by atoms with Crippen LogP contribution in [0.15, 0.2) is 120 Å². The summed E-state index contributed by atoms with van der Waals surface area (Å²) in [5.41, 5.74) is 5.89. The molecule has 0 amide bonds. The van der Waals surface area contributed by atoms with Crippen LogP contribution in [0.4, 0.5) is 17.1 Å². The monoisotopic (exact) mass is 654 g/mol. The molecule has 0 fully saturated rings. The quantitative estimate of drug-likeness (QED) is 0.176. The van der Waals surface area contributed by atoms with Gasteiger partial charge >= 0.3 is 14.0 Å². The number of aliphatic hydroxyl groups excluding tert-OH is 1. The molecule has 0 saturated carbocycles. The minimum atomic E-state index is -0.383. The highest BCUT2D eigenvalue weighted by Gasteiger charge is 2.39. The van der Waals surface area contributed by atoms with Gasteiger partial charge < -0.3 is 35.2 Å². The lowest BCUT2D eigenvalue weighted by molar-refractivity contribution is -0.109. The Kier molecular flexibility index (Phi) is 7.05. The van der Waals surface area contributed by atoms with Gasteiger partial charge in [0.05, 0.1) is 29.7 Å². The number of hydrogen-bond donors (Lipinski definition) is 4. The highest BCUT2D eigenvalue weighted by atomic mass is 16.5. The number of Topliss-reactive ketones (excluding diaryl/α,β-unsaturated/α-hetero) is 1. The zero-order valence-corrected chi connectivity index (χ0v) is 27.6. The van der Waals surface area contributed by atoms with E-state index in [9.17, 15) is 9.90 Å². The fraction of sp³-hybridized carbons (Fsp3) is 0.100. The average Bonchev–Trinajstić information content (AvgIpc) is 3.14. The van der Waals surface area contributed by atoms with Gasteiger partial charge in [0.15, 0.2) is 0 Å². The van der Waals surface area contributed by atoms with Gasteiger partial charge in [-0.1, -0.05) is 72.8 Å². The third-order valence-corrected chi connectivity index (χ3v) is 9.70. The summed E-state index contributed by atoms with van der Waals surface area (Å²) < 4.78 is 11.3. The molecular formula is C40H32B2N4O4. The molecule has 2 aliphatic heterocycles. The van der Waals surface area contributed by atoms with E-state index in [1.54, 1.807) is 0 Å². The fourth-order valence-corrected chi connectivity index (χ4v) is 7.38. The topological polar surface area (TPSA) is 104 Å². The minimum Gasteiger partial charge on any atom is -0.506 e. The van der Waals surface area contributed by atoms with E-state index in [1.807, 2.05) is 117 Å². The average molecular weight is 654 g/mol.